The maximum Gasteiger partial charge on any atom is 0.271 e. The number of nitrogens with zero attached hydrogens (tertiary/aromatic N) is 1. The summed E-state index contributed by atoms with van der Waals surface area (Å²) >= 11 is 0.871. The van der Waals surface area contributed by atoms with Crippen LogP contribution in [0.15, 0.2) is 23.1 Å². The molecule has 0 unspecified atom stereocenters. The van der Waals surface area contributed by atoms with Gasteiger partial charge in [0.2, 0.25) is 5.69 Å². The average Bonchev–Trinajstić information content (AvgIpc) is 2.62. The Bertz CT molecular complexity index is 711. The van der Waals surface area contributed by atoms with Crippen LogP contribution in [0.3, 0.4) is 0 Å². The summed E-state index contributed by atoms with van der Waals surface area (Å²) < 4.78 is 37.3. The second-order valence-electron chi connectivity index (χ2n) is 5.55. The van der Waals surface area contributed by atoms with E-state index in [1.165, 1.54) is 0 Å². The van der Waals surface area contributed by atoms with Gasteiger partial charge in [-0.3, -0.25) is 4.55 Å². The Morgan fingerprint density at radius 1 is 1.36 bits per heavy atom. The van der Waals surface area contributed by atoms with Gasteiger partial charge >= 0.3 is 0 Å². The topological polar surface area (TPSA) is 96.1 Å². The van der Waals surface area contributed by atoms with E-state index in [2.05, 4.69) is 9.37 Å². The highest BCUT2D eigenvalue weighted by Gasteiger charge is 2.43. The molecule has 1 aliphatic heterocycles. The zero-order valence-corrected chi connectivity index (χ0v) is 14.1. The van der Waals surface area contributed by atoms with E-state index in [1.54, 1.807) is 6.07 Å². The summed E-state index contributed by atoms with van der Waals surface area (Å²) in [6.07, 6.45) is 0. The normalized spacial score (nSPS) is 17.0. The lowest BCUT2D eigenvalue weighted by molar-refractivity contribution is -0.433. The number of benzene rings is 1. The Kier molecular flexibility index (Phi) is 4.95. The Balaban J connectivity index is 2.37. The molecule has 7 nitrogen and oxygen atoms in total. The van der Waals surface area contributed by atoms with Crippen LogP contribution in [-0.4, -0.2) is 40.8 Å². The molecule has 2 rings (SSSR count). The molecule has 1 aromatic carbocycles. The van der Waals surface area contributed by atoms with Crippen LogP contribution in [0.5, 0.6) is 0 Å². The fraction of sp³-hybridized carbons (Fsp3) is 0.462. The van der Waals surface area contributed by atoms with Gasteiger partial charge in [0.05, 0.1) is 17.5 Å². The summed E-state index contributed by atoms with van der Waals surface area (Å²) in [5, 5.41) is 11.8. The Morgan fingerprint density at radius 3 is 2.64 bits per heavy atom. The number of hydrogen-bond donors (Lipinski definition) is 2. The SMILES string of the molecule is CC1=[N+](CCS(=O)(=O)O)c2ccc(SOOO)cc2C1(C)C. The Hall–Kier alpha value is -0.970. The summed E-state index contributed by atoms with van der Waals surface area (Å²) in [4.78, 5) is 0.741. The number of rotatable bonds is 6. The molecule has 1 heterocycles. The quantitative estimate of drug-likeness (QED) is 0.268. The third-order valence-electron chi connectivity index (χ3n) is 3.98. The zero-order valence-electron chi connectivity index (χ0n) is 12.4. The van der Waals surface area contributed by atoms with Crippen molar-refractivity contribution in [3.05, 3.63) is 23.8 Å². The van der Waals surface area contributed by atoms with Crippen LogP contribution in [0, 0.1) is 0 Å². The molecule has 1 aromatic rings. The molecule has 0 aliphatic carbocycles. The van der Waals surface area contributed by atoms with Gasteiger partial charge in [0.1, 0.15) is 5.75 Å². The molecule has 0 bridgehead atoms. The first-order chi connectivity index (χ1) is 10.2. The molecule has 0 saturated heterocycles. The predicted molar refractivity (Wildman–Crippen MR) is 82.0 cm³/mol. The molecule has 0 fully saturated rings. The summed E-state index contributed by atoms with van der Waals surface area (Å²) in [6, 6.07) is 5.52. The minimum absolute atomic E-state index is 0.184. The monoisotopic (exact) mass is 348 g/mol. The third kappa shape index (κ3) is 3.50. The van der Waals surface area contributed by atoms with Crippen LogP contribution >= 0.6 is 12.0 Å². The second-order valence-corrected chi connectivity index (χ2v) is 7.90. The summed E-state index contributed by atoms with van der Waals surface area (Å²) in [5.74, 6) is -0.335. The fourth-order valence-electron chi connectivity index (χ4n) is 2.57. The van der Waals surface area contributed by atoms with Crippen LogP contribution in [-0.2, 0) is 24.9 Å². The molecule has 1 aliphatic rings. The van der Waals surface area contributed by atoms with Gasteiger partial charge in [0.25, 0.3) is 10.1 Å². The molecule has 0 radical (unpaired) electrons. The van der Waals surface area contributed by atoms with E-state index in [0.717, 1.165) is 33.9 Å². The summed E-state index contributed by atoms with van der Waals surface area (Å²) in [5.41, 5.74) is 2.60. The first-order valence-corrected chi connectivity index (χ1v) is 8.88. The van der Waals surface area contributed by atoms with Crippen LogP contribution in [0.2, 0.25) is 0 Å². The zero-order chi connectivity index (χ0) is 16.5. The van der Waals surface area contributed by atoms with Gasteiger partial charge in [-0.1, -0.05) is 5.04 Å². The minimum Gasteiger partial charge on any atom is -0.285 e. The average molecular weight is 348 g/mol. The van der Waals surface area contributed by atoms with E-state index in [9.17, 15) is 8.42 Å². The van der Waals surface area contributed by atoms with E-state index in [-0.39, 0.29) is 17.7 Å². The van der Waals surface area contributed by atoms with Crippen LogP contribution in [0.4, 0.5) is 5.69 Å². The van der Waals surface area contributed by atoms with Gasteiger partial charge in [-0.2, -0.15) is 13.0 Å². The van der Waals surface area contributed by atoms with E-state index in [4.69, 9.17) is 9.81 Å². The van der Waals surface area contributed by atoms with Crippen molar-refractivity contribution in [2.45, 2.75) is 31.1 Å². The molecule has 0 saturated carbocycles. The standard InChI is InChI=1S/C13H17NO6S2/c1-9-13(2,3)11-8-10(21-20-19-15)4-5-12(11)14(9)6-7-22(16,17)18/h4-5,8H,6-7H2,1-3H3,(H-,15,16,17,18)/p+1. The first-order valence-electron chi connectivity index (χ1n) is 6.53. The van der Waals surface area contributed by atoms with Crippen molar-refractivity contribution in [1.29, 1.82) is 0 Å². The first kappa shape index (κ1) is 17.4. The lowest BCUT2D eigenvalue weighted by Crippen LogP contribution is -2.28. The van der Waals surface area contributed by atoms with Crippen molar-refractivity contribution in [1.82, 2.24) is 0 Å². The Morgan fingerprint density at radius 2 is 2.05 bits per heavy atom. The maximum absolute atomic E-state index is 11.0. The van der Waals surface area contributed by atoms with Gasteiger partial charge in [-0.05, 0) is 26.0 Å². The lowest BCUT2D eigenvalue weighted by Gasteiger charge is -2.15. The molecule has 0 atom stereocenters. The van der Waals surface area contributed by atoms with E-state index >= 15 is 0 Å². The van der Waals surface area contributed by atoms with Gasteiger partial charge in [-0.25, -0.2) is 5.26 Å². The lowest BCUT2D eigenvalue weighted by atomic mass is 9.82. The molecule has 9 heteroatoms. The van der Waals surface area contributed by atoms with Gasteiger partial charge < -0.3 is 0 Å². The molecular formula is C13H18NO6S2+. The molecule has 0 amide bonds. The minimum atomic E-state index is -4.02. The van der Waals surface area contributed by atoms with E-state index < -0.39 is 10.1 Å². The second kappa shape index (κ2) is 6.26. The summed E-state index contributed by atoms with van der Waals surface area (Å²) in [7, 11) is -4.02. The van der Waals surface area contributed by atoms with Gasteiger partial charge in [-0.15, -0.1) is 4.33 Å². The molecule has 122 valence electrons. The van der Waals surface area contributed by atoms with Gasteiger partial charge in [0, 0.05) is 23.4 Å². The largest absolute Gasteiger partial charge is 0.285 e. The Labute approximate surface area is 133 Å². The molecule has 0 aromatic heterocycles. The van der Waals surface area contributed by atoms with Gasteiger partial charge in [0.15, 0.2) is 12.3 Å². The van der Waals surface area contributed by atoms with Crippen molar-refractivity contribution in [3.8, 4) is 0 Å². The molecular weight excluding hydrogens is 330 g/mol. The molecule has 0 spiro atoms. The number of hydrogen-bond acceptors (Lipinski definition) is 6. The van der Waals surface area contributed by atoms with Crippen LogP contribution in [0.1, 0.15) is 26.3 Å². The van der Waals surface area contributed by atoms with Crippen LogP contribution in [0.25, 0.3) is 0 Å². The molecule has 22 heavy (non-hydrogen) atoms. The van der Waals surface area contributed by atoms with Crippen molar-refractivity contribution in [2.24, 2.45) is 0 Å². The highest BCUT2D eigenvalue weighted by atomic mass is 32.2. The number of fused-ring (bicyclic) bond motifs is 1. The fourth-order valence-corrected chi connectivity index (χ4v) is 3.38. The molecule has 2 N–H and O–H groups in total. The highest BCUT2D eigenvalue weighted by Crippen LogP contribution is 2.41. The maximum atomic E-state index is 11.0. The van der Waals surface area contributed by atoms with Crippen molar-refractivity contribution >= 4 is 33.6 Å². The highest BCUT2D eigenvalue weighted by molar-refractivity contribution is 7.94. The predicted octanol–water partition coefficient (Wildman–Crippen LogP) is 2.40. The van der Waals surface area contributed by atoms with Crippen molar-refractivity contribution in [3.63, 3.8) is 0 Å². The van der Waals surface area contributed by atoms with E-state index in [1.807, 2.05) is 37.5 Å². The van der Waals surface area contributed by atoms with Crippen molar-refractivity contribution in [2.75, 3.05) is 12.3 Å². The van der Waals surface area contributed by atoms with E-state index in [0.29, 0.717) is 0 Å². The third-order valence-corrected chi connectivity index (χ3v) is 5.25. The van der Waals surface area contributed by atoms with Crippen LogP contribution < -0.4 is 0 Å². The smallest absolute Gasteiger partial charge is 0.271 e. The van der Waals surface area contributed by atoms with Crippen molar-refractivity contribution < 1.29 is 32.2 Å². The summed E-state index contributed by atoms with van der Waals surface area (Å²) in [6.45, 7) is 6.19.